The van der Waals surface area contributed by atoms with Gasteiger partial charge in [0.1, 0.15) is 10.0 Å². The first-order valence-corrected chi connectivity index (χ1v) is 12.0. The van der Waals surface area contributed by atoms with E-state index in [-0.39, 0.29) is 12.4 Å². The van der Waals surface area contributed by atoms with Gasteiger partial charge in [-0.15, -0.1) is 23.7 Å². The minimum Gasteiger partial charge on any atom is -0.354 e. The molecule has 1 aliphatic heterocycles. The summed E-state index contributed by atoms with van der Waals surface area (Å²) in [5.74, 6) is 0.861. The van der Waals surface area contributed by atoms with Crippen LogP contribution in [0.1, 0.15) is 5.56 Å². The molecule has 1 aromatic carbocycles. The molecular formula is C19H22BrClN4O2S2. The van der Waals surface area contributed by atoms with Crippen molar-refractivity contribution in [1.82, 2.24) is 9.88 Å². The number of aryl methyl sites for hydroxylation is 1. The molecule has 0 bridgehead atoms. The molecule has 156 valence electrons. The minimum atomic E-state index is -3.68. The van der Waals surface area contributed by atoms with E-state index >= 15 is 0 Å². The van der Waals surface area contributed by atoms with Gasteiger partial charge in [-0.1, -0.05) is 6.07 Å². The van der Waals surface area contributed by atoms with E-state index in [4.69, 9.17) is 0 Å². The number of piperazine rings is 1. The molecule has 0 atom stereocenters. The molecule has 1 fully saturated rings. The molecule has 3 aromatic rings. The molecule has 1 aliphatic rings. The van der Waals surface area contributed by atoms with Crippen LogP contribution in [0, 0.1) is 6.92 Å². The lowest BCUT2D eigenvalue weighted by atomic mass is 10.2. The number of thiophene rings is 1. The first-order chi connectivity index (χ1) is 13.3. The number of fused-ring (bicyclic) bond motifs is 1. The highest BCUT2D eigenvalue weighted by Crippen LogP contribution is 2.36. The summed E-state index contributed by atoms with van der Waals surface area (Å²) in [7, 11) is -1.58. The Hall–Kier alpha value is -1.39. The Morgan fingerprint density at radius 2 is 1.86 bits per heavy atom. The highest BCUT2D eigenvalue weighted by Gasteiger charge is 2.23. The van der Waals surface area contributed by atoms with Gasteiger partial charge in [-0.05, 0) is 59.7 Å². The largest absolute Gasteiger partial charge is 0.354 e. The van der Waals surface area contributed by atoms with Crippen LogP contribution in [0.25, 0.3) is 10.1 Å². The van der Waals surface area contributed by atoms with Gasteiger partial charge in [0.25, 0.3) is 10.0 Å². The van der Waals surface area contributed by atoms with Crippen LogP contribution in [0.15, 0.2) is 45.2 Å². The Bertz CT molecular complexity index is 1130. The second-order valence-corrected chi connectivity index (χ2v) is 10.8. The molecule has 0 radical (unpaired) electrons. The topological polar surface area (TPSA) is 65.5 Å². The molecule has 2 aromatic heterocycles. The quantitative estimate of drug-likeness (QED) is 0.558. The summed E-state index contributed by atoms with van der Waals surface area (Å²) in [5.41, 5.74) is 1.58. The maximum Gasteiger partial charge on any atom is 0.271 e. The Balaban J connectivity index is 0.00000240. The molecule has 10 heteroatoms. The molecule has 0 unspecified atom stereocenters. The molecule has 29 heavy (non-hydrogen) atoms. The molecule has 3 heterocycles. The van der Waals surface area contributed by atoms with E-state index < -0.39 is 10.0 Å². The summed E-state index contributed by atoms with van der Waals surface area (Å²) >= 11 is 4.70. The number of nitrogens with one attached hydrogen (secondary N) is 1. The van der Waals surface area contributed by atoms with Gasteiger partial charge in [-0.2, -0.15) is 0 Å². The van der Waals surface area contributed by atoms with Crippen LogP contribution < -0.4 is 9.62 Å². The van der Waals surface area contributed by atoms with E-state index in [1.54, 1.807) is 18.3 Å². The van der Waals surface area contributed by atoms with Crippen molar-refractivity contribution in [2.75, 3.05) is 42.8 Å². The molecule has 0 spiro atoms. The predicted molar refractivity (Wildman–Crippen MR) is 126 cm³/mol. The summed E-state index contributed by atoms with van der Waals surface area (Å²) in [4.78, 5) is 9.06. The molecule has 6 nitrogen and oxygen atoms in total. The number of rotatable bonds is 4. The van der Waals surface area contributed by atoms with Crippen LogP contribution in [0.5, 0.6) is 0 Å². The van der Waals surface area contributed by atoms with Crippen LogP contribution in [-0.4, -0.2) is 51.5 Å². The van der Waals surface area contributed by atoms with Gasteiger partial charge in [0, 0.05) is 46.9 Å². The molecule has 1 N–H and O–H groups in total. The molecule has 1 saturated heterocycles. The third-order valence-corrected chi connectivity index (χ3v) is 8.43. The van der Waals surface area contributed by atoms with Crippen molar-refractivity contribution in [3.8, 4) is 0 Å². The van der Waals surface area contributed by atoms with Gasteiger partial charge in [0.15, 0.2) is 0 Å². The Kier molecular flexibility index (Phi) is 6.74. The summed E-state index contributed by atoms with van der Waals surface area (Å²) in [5, 5.41) is 0.889. The van der Waals surface area contributed by atoms with Gasteiger partial charge in [0.2, 0.25) is 0 Å². The number of hydrogen-bond acceptors (Lipinski definition) is 6. The van der Waals surface area contributed by atoms with Crippen LogP contribution in [-0.2, 0) is 10.0 Å². The lowest BCUT2D eigenvalue weighted by Gasteiger charge is -2.33. The third kappa shape index (κ3) is 4.69. The summed E-state index contributed by atoms with van der Waals surface area (Å²) < 4.78 is 30.6. The van der Waals surface area contributed by atoms with E-state index in [2.05, 4.69) is 42.5 Å². The minimum absolute atomic E-state index is 0. The van der Waals surface area contributed by atoms with Crippen LogP contribution in [0.3, 0.4) is 0 Å². The van der Waals surface area contributed by atoms with E-state index in [0.717, 1.165) is 52.1 Å². The number of halogens is 2. The summed E-state index contributed by atoms with van der Waals surface area (Å²) in [6.07, 6.45) is 1.76. The van der Waals surface area contributed by atoms with Crippen LogP contribution in [0.2, 0.25) is 0 Å². The van der Waals surface area contributed by atoms with Crippen molar-refractivity contribution in [1.29, 1.82) is 0 Å². The lowest BCUT2D eigenvalue weighted by molar-refractivity contribution is 0.312. The van der Waals surface area contributed by atoms with E-state index in [9.17, 15) is 8.42 Å². The first-order valence-electron chi connectivity index (χ1n) is 8.94. The number of anilines is 2. The number of sulfonamides is 1. The fourth-order valence-electron chi connectivity index (χ4n) is 3.23. The van der Waals surface area contributed by atoms with Crippen molar-refractivity contribution >= 4 is 71.3 Å². The highest BCUT2D eigenvalue weighted by molar-refractivity contribution is 9.10. The first kappa shape index (κ1) is 22.3. The normalized spacial score (nSPS) is 15.3. The van der Waals surface area contributed by atoms with Crippen LogP contribution in [0.4, 0.5) is 11.5 Å². The number of benzene rings is 1. The number of hydrogen-bond donors (Lipinski definition) is 1. The van der Waals surface area contributed by atoms with Gasteiger partial charge in [-0.3, -0.25) is 4.72 Å². The number of pyridine rings is 1. The van der Waals surface area contributed by atoms with E-state index in [0.29, 0.717) is 9.90 Å². The maximum atomic E-state index is 13.0. The fraction of sp³-hybridized carbons (Fsp3) is 0.316. The smallest absolute Gasteiger partial charge is 0.271 e. The zero-order chi connectivity index (χ0) is 19.9. The molecule has 4 rings (SSSR count). The second kappa shape index (κ2) is 8.77. The summed E-state index contributed by atoms with van der Waals surface area (Å²) in [6.45, 7) is 5.67. The molecule has 0 aliphatic carbocycles. The van der Waals surface area contributed by atoms with Crippen molar-refractivity contribution in [3.63, 3.8) is 0 Å². The highest BCUT2D eigenvalue weighted by atomic mass is 79.9. The standard InChI is InChI=1S/C19H21BrN4O2S2.ClH/c1-13-3-4-16(15(20)11-13)22-28(25,26)18-12-14-17(27-18)5-6-21-19(14)24-9-7-23(2)8-10-24;/h3-6,11-12,22H,7-10H2,1-2H3;1H. The Labute approximate surface area is 189 Å². The Morgan fingerprint density at radius 1 is 1.14 bits per heavy atom. The van der Waals surface area contributed by atoms with Gasteiger partial charge in [0.05, 0.1) is 5.69 Å². The average Bonchev–Trinajstić information content (AvgIpc) is 3.10. The monoisotopic (exact) mass is 516 g/mol. The number of nitrogens with zero attached hydrogens (tertiary/aromatic N) is 3. The Morgan fingerprint density at radius 3 is 2.55 bits per heavy atom. The molecular weight excluding hydrogens is 496 g/mol. The van der Waals surface area contributed by atoms with Gasteiger partial charge < -0.3 is 9.80 Å². The number of likely N-dealkylation sites (N-methyl/N-ethyl adjacent to an activating group) is 1. The van der Waals surface area contributed by atoms with Crippen molar-refractivity contribution in [2.45, 2.75) is 11.1 Å². The van der Waals surface area contributed by atoms with Crippen molar-refractivity contribution in [2.24, 2.45) is 0 Å². The fourth-order valence-corrected chi connectivity index (χ4v) is 6.41. The van der Waals surface area contributed by atoms with Crippen molar-refractivity contribution < 1.29 is 8.42 Å². The third-order valence-electron chi connectivity index (χ3n) is 4.84. The zero-order valence-electron chi connectivity index (χ0n) is 16.1. The lowest BCUT2D eigenvalue weighted by Crippen LogP contribution is -2.44. The van der Waals surface area contributed by atoms with E-state index in [1.165, 1.54) is 11.3 Å². The van der Waals surface area contributed by atoms with Gasteiger partial charge >= 0.3 is 0 Å². The number of aromatic nitrogens is 1. The SMILES string of the molecule is Cc1ccc(NS(=O)(=O)c2cc3c(N4CCN(C)CC4)nccc3s2)c(Br)c1.Cl. The predicted octanol–water partition coefficient (Wildman–Crippen LogP) is 4.34. The summed E-state index contributed by atoms with van der Waals surface area (Å²) in [6, 6.07) is 9.15. The van der Waals surface area contributed by atoms with E-state index in [1.807, 2.05) is 25.1 Å². The molecule has 0 amide bonds. The second-order valence-electron chi connectivity index (χ2n) is 6.99. The van der Waals surface area contributed by atoms with Crippen LogP contribution >= 0.6 is 39.7 Å². The average molecular weight is 518 g/mol. The van der Waals surface area contributed by atoms with Gasteiger partial charge in [-0.25, -0.2) is 13.4 Å². The maximum absolute atomic E-state index is 13.0. The van der Waals surface area contributed by atoms with Crippen molar-refractivity contribution in [3.05, 3.63) is 46.6 Å². The molecule has 0 saturated carbocycles. The zero-order valence-corrected chi connectivity index (χ0v) is 20.1.